The molecule has 0 aromatic heterocycles. The average Bonchev–Trinajstić information content (AvgIpc) is 3.56. The fourth-order valence-electron chi connectivity index (χ4n) is 5.79. The van der Waals surface area contributed by atoms with Crippen molar-refractivity contribution in [1.29, 1.82) is 0 Å². The monoisotopic (exact) mass is 714 g/mol. The van der Waals surface area contributed by atoms with Crippen molar-refractivity contribution in [2.75, 3.05) is 60.3 Å². The Morgan fingerprint density at radius 2 is 1.10 bits per heavy atom. The Morgan fingerprint density at radius 3 is 1.62 bits per heavy atom. The molecule has 0 aromatic carbocycles. The summed E-state index contributed by atoms with van der Waals surface area (Å²) in [5, 5.41) is 0. The Bertz CT molecular complexity index is 867. The molecule has 1 aliphatic heterocycles. The number of rotatable bonds is 33. The smallest absolute Gasteiger partial charge is 0.310 e. The predicted octanol–water partition coefficient (Wildman–Crippen LogP) is 7.56. The SMILES string of the molecule is CCCCCCCCOC(CCC(=O)OCC(COC(=O)CCCCCCC(=O)OC)COC(=O)C1CCN(C)C1)OCCCCCCCC. The zero-order valence-electron chi connectivity index (χ0n) is 32.1. The third-order valence-corrected chi connectivity index (χ3v) is 9.07. The van der Waals surface area contributed by atoms with Gasteiger partial charge in [0.25, 0.3) is 0 Å². The summed E-state index contributed by atoms with van der Waals surface area (Å²) < 4.78 is 33.5. The van der Waals surface area contributed by atoms with E-state index in [9.17, 15) is 19.2 Å². The second-order valence-electron chi connectivity index (χ2n) is 13.8. The summed E-state index contributed by atoms with van der Waals surface area (Å²) >= 11 is 0. The third-order valence-electron chi connectivity index (χ3n) is 9.07. The molecule has 0 bridgehead atoms. The van der Waals surface area contributed by atoms with Crippen LogP contribution >= 0.6 is 0 Å². The number of carbonyl (C=O) groups is 4. The van der Waals surface area contributed by atoms with Crippen molar-refractivity contribution in [3.05, 3.63) is 0 Å². The Balaban J connectivity index is 2.55. The van der Waals surface area contributed by atoms with Crippen molar-refractivity contribution >= 4 is 23.9 Å². The number of carbonyl (C=O) groups excluding carboxylic acids is 4. The summed E-state index contributed by atoms with van der Waals surface area (Å²) in [6.45, 7) is 7.07. The van der Waals surface area contributed by atoms with Gasteiger partial charge >= 0.3 is 23.9 Å². The molecule has 0 saturated carbocycles. The van der Waals surface area contributed by atoms with Crippen LogP contribution in [0, 0.1) is 11.8 Å². The number of ether oxygens (including phenoxy) is 6. The minimum Gasteiger partial charge on any atom is -0.469 e. The first kappa shape index (κ1) is 45.8. The fraction of sp³-hybridized carbons (Fsp3) is 0.897. The number of methoxy groups -OCH3 is 1. The molecule has 1 aliphatic rings. The molecule has 292 valence electrons. The average molecular weight is 714 g/mol. The summed E-state index contributed by atoms with van der Waals surface area (Å²) in [5.41, 5.74) is 0. The number of unbranched alkanes of at least 4 members (excludes halogenated alkanes) is 13. The Hall–Kier alpha value is -2.24. The first-order chi connectivity index (χ1) is 24.3. The Morgan fingerprint density at radius 1 is 0.620 bits per heavy atom. The molecule has 1 heterocycles. The van der Waals surface area contributed by atoms with E-state index in [2.05, 4.69) is 23.5 Å². The molecule has 1 fully saturated rings. The summed E-state index contributed by atoms with van der Waals surface area (Å²) in [6, 6.07) is 0. The van der Waals surface area contributed by atoms with Crippen LogP contribution in [0.4, 0.5) is 0 Å². The molecule has 0 aliphatic carbocycles. The maximum absolute atomic E-state index is 12.8. The number of likely N-dealkylation sites (tertiary alicyclic amines) is 1. The van der Waals surface area contributed by atoms with Crippen molar-refractivity contribution in [2.24, 2.45) is 11.8 Å². The van der Waals surface area contributed by atoms with Gasteiger partial charge in [-0.1, -0.05) is 90.9 Å². The molecule has 0 radical (unpaired) electrons. The van der Waals surface area contributed by atoms with Gasteiger partial charge in [-0.05, 0) is 45.7 Å². The Labute approximate surface area is 303 Å². The quantitative estimate of drug-likeness (QED) is 0.0289. The predicted molar refractivity (Wildman–Crippen MR) is 193 cm³/mol. The molecule has 0 amide bonds. The molecule has 0 spiro atoms. The molecular weight excluding hydrogens is 642 g/mol. The van der Waals surface area contributed by atoms with E-state index < -0.39 is 18.2 Å². The van der Waals surface area contributed by atoms with E-state index in [1.165, 1.54) is 58.5 Å². The van der Waals surface area contributed by atoms with Gasteiger partial charge in [-0.25, -0.2) is 0 Å². The molecule has 2 unspecified atom stereocenters. The highest BCUT2D eigenvalue weighted by Crippen LogP contribution is 2.17. The number of hydrogen-bond acceptors (Lipinski definition) is 11. The lowest BCUT2D eigenvalue weighted by Crippen LogP contribution is -2.29. The number of esters is 4. The lowest BCUT2D eigenvalue weighted by atomic mass is 10.1. The molecule has 11 heteroatoms. The summed E-state index contributed by atoms with van der Waals surface area (Å²) in [4.78, 5) is 51.3. The largest absolute Gasteiger partial charge is 0.469 e. The van der Waals surface area contributed by atoms with E-state index in [0.29, 0.717) is 45.4 Å². The maximum Gasteiger partial charge on any atom is 0.310 e. The lowest BCUT2D eigenvalue weighted by molar-refractivity contribution is -0.162. The van der Waals surface area contributed by atoms with Gasteiger partial charge in [0, 0.05) is 39.0 Å². The van der Waals surface area contributed by atoms with E-state index in [1.54, 1.807) is 0 Å². The van der Waals surface area contributed by atoms with Crippen molar-refractivity contribution in [1.82, 2.24) is 4.90 Å². The van der Waals surface area contributed by atoms with Crippen LogP contribution in [-0.2, 0) is 47.6 Å². The van der Waals surface area contributed by atoms with Gasteiger partial charge in [0.05, 0.1) is 25.4 Å². The van der Waals surface area contributed by atoms with Crippen molar-refractivity contribution in [3.8, 4) is 0 Å². The van der Waals surface area contributed by atoms with Crippen molar-refractivity contribution in [2.45, 2.75) is 155 Å². The van der Waals surface area contributed by atoms with Gasteiger partial charge in [0.15, 0.2) is 6.29 Å². The standard InChI is InChI=1S/C39H71NO10/c1-5-7-9-11-15-19-27-46-38(47-28-20-16-12-10-8-6-2)24-23-37(43)49-31-33(32-50-39(44)34-25-26-40(3)29-34)30-48-36(42)22-18-14-13-17-21-35(41)45-4/h33-34,38H,5-32H2,1-4H3. The van der Waals surface area contributed by atoms with E-state index >= 15 is 0 Å². The number of hydrogen-bond donors (Lipinski definition) is 0. The zero-order valence-corrected chi connectivity index (χ0v) is 32.1. The molecule has 1 rings (SSSR count). The normalized spacial score (nSPS) is 15.3. The number of nitrogens with zero attached hydrogens (tertiary/aromatic N) is 1. The highest BCUT2D eigenvalue weighted by Gasteiger charge is 2.28. The van der Waals surface area contributed by atoms with Gasteiger partial charge < -0.3 is 33.3 Å². The highest BCUT2D eigenvalue weighted by molar-refractivity contribution is 5.73. The molecular formula is C39H71NO10. The minimum atomic E-state index is -0.477. The second-order valence-corrected chi connectivity index (χ2v) is 13.8. The summed E-state index contributed by atoms with van der Waals surface area (Å²) in [6.07, 6.45) is 18.5. The topological polar surface area (TPSA) is 127 Å². The van der Waals surface area contributed by atoms with Gasteiger partial charge in [-0.15, -0.1) is 0 Å². The maximum atomic E-state index is 12.8. The van der Waals surface area contributed by atoms with Crippen LogP contribution < -0.4 is 0 Å². The van der Waals surface area contributed by atoms with Crippen molar-refractivity contribution in [3.63, 3.8) is 0 Å². The molecule has 1 saturated heterocycles. The first-order valence-electron chi connectivity index (χ1n) is 19.7. The van der Waals surface area contributed by atoms with E-state index in [0.717, 1.165) is 51.5 Å². The molecule has 0 N–H and O–H groups in total. The van der Waals surface area contributed by atoms with E-state index in [-0.39, 0.29) is 56.5 Å². The molecule has 2 atom stereocenters. The first-order valence-corrected chi connectivity index (χ1v) is 19.7. The summed E-state index contributed by atoms with van der Waals surface area (Å²) in [5.74, 6) is -1.93. The lowest BCUT2D eigenvalue weighted by Gasteiger charge is -2.20. The van der Waals surface area contributed by atoms with Crippen LogP contribution in [0.1, 0.15) is 149 Å². The van der Waals surface area contributed by atoms with Crippen LogP contribution in [0.15, 0.2) is 0 Å². The van der Waals surface area contributed by atoms with Crippen LogP contribution in [0.2, 0.25) is 0 Å². The van der Waals surface area contributed by atoms with Gasteiger partial charge in [0.1, 0.15) is 19.8 Å². The van der Waals surface area contributed by atoms with E-state index in [4.69, 9.17) is 23.7 Å². The van der Waals surface area contributed by atoms with Gasteiger partial charge in [0.2, 0.25) is 0 Å². The molecule has 50 heavy (non-hydrogen) atoms. The zero-order chi connectivity index (χ0) is 36.7. The molecule has 11 nitrogen and oxygen atoms in total. The third kappa shape index (κ3) is 25.7. The minimum absolute atomic E-state index is 0.00149. The highest BCUT2D eigenvalue weighted by atomic mass is 16.7. The summed E-state index contributed by atoms with van der Waals surface area (Å²) in [7, 11) is 3.34. The van der Waals surface area contributed by atoms with Crippen LogP contribution in [0.5, 0.6) is 0 Å². The Kier molecular flexibility index (Phi) is 28.8. The van der Waals surface area contributed by atoms with Gasteiger partial charge in [-0.3, -0.25) is 19.2 Å². The van der Waals surface area contributed by atoms with Crippen LogP contribution in [-0.4, -0.2) is 95.3 Å². The van der Waals surface area contributed by atoms with Gasteiger partial charge in [-0.2, -0.15) is 0 Å². The van der Waals surface area contributed by atoms with Crippen molar-refractivity contribution < 1.29 is 47.6 Å². The van der Waals surface area contributed by atoms with Crippen LogP contribution in [0.25, 0.3) is 0 Å². The van der Waals surface area contributed by atoms with E-state index in [1.807, 2.05) is 7.05 Å². The van der Waals surface area contributed by atoms with Crippen LogP contribution in [0.3, 0.4) is 0 Å². The fourth-order valence-corrected chi connectivity index (χ4v) is 5.79. The molecule has 0 aromatic rings. The second kappa shape index (κ2) is 31.5.